The maximum Gasteiger partial charge on any atom is 0.260 e. The molecule has 88 valence electrons. The van der Waals surface area contributed by atoms with Crippen LogP contribution in [0.5, 0.6) is 0 Å². The maximum absolute atomic E-state index is 11.3. The molecule has 1 aromatic heterocycles. The third kappa shape index (κ3) is 2.54. The normalized spacial score (nSPS) is 10.4. The number of nitrogens with two attached hydrogens (primary N) is 2. The van der Waals surface area contributed by atoms with Crippen molar-refractivity contribution in [2.75, 3.05) is 5.73 Å². The predicted octanol–water partition coefficient (Wildman–Crippen LogP) is 2.16. The molecule has 4 N–H and O–H groups in total. The number of amides is 1. The number of primary amides is 1. The summed E-state index contributed by atoms with van der Waals surface area (Å²) < 4.78 is 5.07. The Morgan fingerprint density at radius 3 is 2.82 bits per heavy atom. The van der Waals surface area contributed by atoms with Crippen molar-refractivity contribution in [1.29, 1.82) is 0 Å². The van der Waals surface area contributed by atoms with Gasteiger partial charge in [-0.15, -0.1) is 0 Å². The molecule has 17 heavy (non-hydrogen) atoms. The highest BCUT2D eigenvalue weighted by molar-refractivity contribution is 7.99. The van der Waals surface area contributed by atoms with E-state index in [0.29, 0.717) is 20.8 Å². The van der Waals surface area contributed by atoms with Gasteiger partial charge in [-0.2, -0.15) is 0 Å². The minimum absolute atomic E-state index is 0.248. The van der Waals surface area contributed by atoms with Crippen molar-refractivity contribution >= 4 is 35.0 Å². The average Bonchev–Trinajstić information content (AvgIpc) is 2.74. The van der Waals surface area contributed by atoms with Crippen LogP contribution in [0.2, 0.25) is 5.02 Å². The van der Waals surface area contributed by atoms with E-state index in [2.05, 4.69) is 4.98 Å². The van der Waals surface area contributed by atoms with Gasteiger partial charge < -0.3 is 15.9 Å². The fraction of sp³-hybridized carbons (Fsp3) is 0. The van der Waals surface area contributed by atoms with E-state index in [1.165, 1.54) is 18.5 Å². The molecule has 0 fully saturated rings. The summed E-state index contributed by atoms with van der Waals surface area (Å²) in [6.07, 6.45) is 2.93. The van der Waals surface area contributed by atoms with Crippen LogP contribution >= 0.6 is 23.4 Å². The lowest BCUT2D eigenvalue weighted by Gasteiger charge is -2.07. The molecule has 0 saturated heterocycles. The molecule has 7 heteroatoms. The Labute approximate surface area is 106 Å². The molecule has 2 aromatic rings. The Kier molecular flexibility index (Phi) is 3.26. The van der Waals surface area contributed by atoms with Gasteiger partial charge in [0.15, 0.2) is 0 Å². The van der Waals surface area contributed by atoms with E-state index in [-0.39, 0.29) is 5.56 Å². The summed E-state index contributed by atoms with van der Waals surface area (Å²) in [5.41, 5.74) is 11.5. The van der Waals surface area contributed by atoms with Crippen molar-refractivity contribution in [2.24, 2.45) is 5.73 Å². The summed E-state index contributed by atoms with van der Waals surface area (Å²) in [5, 5.41) is 0.709. The molecule has 0 unspecified atom stereocenters. The van der Waals surface area contributed by atoms with E-state index in [0.717, 1.165) is 11.8 Å². The van der Waals surface area contributed by atoms with Gasteiger partial charge in [0.2, 0.25) is 5.91 Å². The third-order valence-corrected chi connectivity index (χ3v) is 3.36. The molecular formula is C10H8ClN3O2S. The minimum atomic E-state index is -0.603. The summed E-state index contributed by atoms with van der Waals surface area (Å²) in [6.45, 7) is 0. The highest BCUT2D eigenvalue weighted by atomic mass is 35.5. The Morgan fingerprint density at radius 2 is 2.24 bits per heavy atom. The number of hydrogen-bond donors (Lipinski definition) is 2. The van der Waals surface area contributed by atoms with E-state index in [9.17, 15) is 4.79 Å². The fourth-order valence-electron chi connectivity index (χ4n) is 1.25. The third-order valence-electron chi connectivity index (χ3n) is 1.93. The molecular weight excluding hydrogens is 262 g/mol. The van der Waals surface area contributed by atoms with Gasteiger partial charge in [-0.1, -0.05) is 11.6 Å². The van der Waals surface area contributed by atoms with Gasteiger partial charge in [0.05, 0.1) is 16.8 Å². The lowest BCUT2D eigenvalue weighted by Crippen LogP contribution is -2.13. The van der Waals surface area contributed by atoms with E-state index >= 15 is 0 Å². The number of carbonyl (C=O) groups excluding carboxylic acids is 1. The van der Waals surface area contributed by atoms with Crippen LogP contribution in [0.1, 0.15) is 10.4 Å². The highest BCUT2D eigenvalue weighted by Crippen LogP contribution is 2.36. The molecule has 1 aromatic carbocycles. The molecule has 2 rings (SSSR count). The molecule has 1 heterocycles. The zero-order valence-corrected chi connectivity index (χ0v) is 10.1. The highest BCUT2D eigenvalue weighted by Gasteiger charge is 2.16. The van der Waals surface area contributed by atoms with Crippen LogP contribution in [0.25, 0.3) is 0 Å². The number of oxazole rings is 1. The van der Waals surface area contributed by atoms with Gasteiger partial charge in [0, 0.05) is 10.6 Å². The molecule has 0 bridgehead atoms. The number of carbonyl (C=O) groups is 1. The lowest BCUT2D eigenvalue weighted by molar-refractivity contribution is 0.0997. The van der Waals surface area contributed by atoms with Crippen molar-refractivity contribution in [1.82, 2.24) is 4.98 Å². The zero-order valence-electron chi connectivity index (χ0n) is 8.51. The summed E-state index contributed by atoms with van der Waals surface area (Å²) >= 11 is 7.14. The monoisotopic (exact) mass is 269 g/mol. The van der Waals surface area contributed by atoms with Gasteiger partial charge in [0.25, 0.3) is 5.22 Å². The number of hydrogen-bond acceptors (Lipinski definition) is 5. The standard InChI is InChI=1S/C10H8ClN3O2S/c11-7-4-5(12)3-6(9(13)15)8(7)17-10-14-1-2-16-10/h1-4H,12H2,(H2,13,15). The first-order valence-electron chi connectivity index (χ1n) is 4.54. The van der Waals surface area contributed by atoms with Crippen LogP contribution in [0.3, 0.4) is 0 Å². The largest absolute Gasteiger partial charge is 0.440 e. The first-order chi connectivity index (χ1) is 8.08. The smallest absolute Gasteiger partial charge is 0.260 e. The Hall–Kier alpha value is -1.66. The number of benzene rings is 1. The van der Waals surface area contributed by atoms with Gasteiger partial charge in [-0.05, 0) is 23.9 Å². The quantitative estimate of drug-likeness (QED) is 0.833. The molecule has 0 aliphatic rings. The molecule has 5 nitrogen and oxygen atoms in total. The van der Waals surface area contributed by atoms with Crippen LogP contribution in [0.4, 0.5) is 5.69 Å². The summed E-state index contributed by atoms with van der Waals surface area (Å²) in [7, 11) is 0. The number of anilines is 1. The predicted molar refractivity (Wildman–Crippen MR) is 65.0 cm³/mol. The molecule has 0 saturated carbocycles. The molecule has 0 atom stereocenters. The summed E-state index contributed by atoms with van der Waals surface area (Å²) in [4.78, 5) is 15.7. The number of aromatic nitrogens is 1. The zero-order chi connectivity index (χ0) is 12.4. The number of rotatable bonds is 3. The first kappa shape index (κ1) is 11.8. The van der Waals surface area contributed by atoms with E-state index in [1.807, 2.05) is 0 Å². The first-order valence-corrected chi connectivity index (χ1v) is 5.73. The number of halogens is 1. The lowest BCUT2D eigenvalue weighted by atomic mass is 10.2. The van der Waals surface area contributed by atoms with Crippen LogP contribution in [0, 0.1) is 0 Å². The van der Waals surface area contributed by atoms with Crippen LogP contribution in [0.15, 0.2) is 39.1 Å². The fourth-order valence-corrected chi connectivity index (χ4v) is 2.41. The van der Waals surface area contributed by atoms with Crippen molar-refractivity contribution in [3.8, 4) is 0 Å². The van der Waals surface area contributed by atoms with Gasteiger partial charge in [0.1, 0.15) is 6.26 Å². The molecule has 0 radical (unpaired) electrons. The summed E-state index contributed by atoms with van der Waals surface area (Å²) in [5.74, 6) is -0.603. The van der Waals surface area contributed by atoms with Crippen molar-refractivity contribution in [2.45, 2.75) is 10.1 Å². The molecule has 0 aliphatic heterocycles. The second-order valence-electron chi connectivity index (χ2n) is 3.14. The number of nitrogen functional groups attached to an aromatic ring is 1. The second-order valence-corrected chi connectivity index (χ2v) is 4.51. The maximum atomic E-state index is 11.3. The number of nitrogens with zero attached hydrogens (tertiary/aromatic N) is 1. The minimum Gasteiger partial charge on any atom is -0.440 e. The molecule has 0 aliphatic carbocycles. The van der Waals surface area contributed by atoms with Crippen LogP contribution < -0.4 is 11.5 Å². The second kappa shape index (κ2) is 4.68. The van der Waals surface area contributed by atoms with Crippen molar-refractivity contribution < 1.29 is 9.21 Å². The topological polar surface area (TPSA) is 95.1 Å². The Balaban J connectivity index is 2.48. The van der Waals surface area contributed by atoms with Crippen molar-refractivity contribution in [3.63, 3.8) is 0 Å². The van der Waals surface area contributed by atoms with E-state index in [4.69, 9.17) is 27.5 Å². The van der Waals surface area contributed by atoms with Crippen LogP contribution in [-0.4, -0.2) is 10.9 Å². The van der Waals surface area contributed by atoms with Gasteiger partial charge >= 0.3 is 0 Å². The SMILES string of the molecule is NC(=O)c1cc(N)cc(Cl)c1Sc1ncco1. The Bertz CT molecular complexity index is 557. The molecule has 0 spiro atoms. The average molecular weight is 270 g/mol. The van der Waals surface area contributed by atoms with E-state index < -0.39 is 5.91 Å². The van der Waals surface area contributed by atoms with Crippen molar-refractivity contribution in [3.05, 3.63) is 35.2 Å². The van der Waals surface area contributed by atoms with Gasteiger partial charge in [-0.25, -0.2) is 4.98 Å². The van der Waals surface area contributed by atoms with Gasteiger partial charge in [-0.3, -0.25) is 4.79 Å². The molecule has 1 amide bonds. The summed E-state index contributed by atoms with van der Waals surface area (Å²) in [6, 6.07) is 3.01. The van der Waals surface area contributed by atoms with E-state index in [1.54, 1.807) is 6.07 Å². The Morgan fingerprint density at radius 1 is 1.47 bits per heavy atom. The van der Waals surface area contributed by atoms with Crippen LogP contribution in [-0.2, 0) is 0 Å².